The summed E-state index contributed by atoms with van der Waals surface area (Å²) < 4.78 is 5.46. The maximum atomic E-state index is 13.5. The second-order valence-corrected chi connectivity index (χ2v) is 8.34. The lowest BCUT2D eigenvalue weighted by atomic mass is 9.76. The molecule has 7 heteroatoms. The number of hydrogen-bond acceptors (Lipinski definition) is 5. The van der Waals surface area contributed by atoms with Crippen LogP contribution in [0, 0.1) is 0 Å². The van der Waals surface area contributed by atoms with E-state index in [2.05, 4.69) is 15.1 Å². The van der Waals surface area contributed by atoms with Gasteiger partial charge in [-0.1, -0.05) is 41.7 Å². The number of carbonyl (C=O) groups excluding carboxylic acids is 1. The minimum Gasteiger partial charge on any atom is -0.340 e. The first kappa shape index (κ1) is 18.3. The van der Waals surface area contributed by atoms with Crippen molar-refractivity contribution < 1.29 is 9.32 Å². The fourth-order valence-corrected chi connectivity index (χ4v) is 4.62. The lowest BCUT2D eigenvalue weighted by Crippen LogP contribution is -2.55. The molecule has 1 aliphatic heterocycles. The first-order valence-electron chi connectivity index (χ1n) is 9.95. The van der Waals surface area contributed by atoms with Gasteiger partial charge < -0.3 is 9.42 Å². The van der Waals surface area contributed by atoms with Gasteiger partial charge in [-0.15, -0.1) is 0 Å². The molecule has 3 heterocycles. The average Bonchev–Trinajstić information content (AvgIpc) is 3.39. The molecule has 1 aliphatic carbocycles. The van der Waals surface area contributed by atoms with E-state index in [-0.39, 0.29) is 11.8 Å². The zero-order chi connectivity index (χ0) is 19.8. The average molecular weight is 409 g/mol. The molecule has 148 valence electrons. The summed E-state index contributed by atoms with van der Waals surface area (Å²) in [6.45, 7) is 1.23. The SMILES string of the molecule is O=C(N1CC(c2nc(-c3cccnc3)no2)C1)C1(c2ccc(Cl)cc2)CCCC1. The number of halogens is 1. The number of carbonyl (C=O) groups is 1. The fourth-order valence-electron chi connectivity index (χ4n) is 4.49. The number of benzene rings is 1. The summed E-state index contributed by atoms with van der Waals surface area (Å²) >= 11 is 6.05. The summed E-state index contributed by atoms with van der Waals surface area (Å²) in [5.74, 6) is 1.41. The summed E-state index contributed by atoms with van der Waals surface area (Å²) in [7, 11) is 0. The van der Waals surface area contributed by atoms with E-state index in [4.69, 9.17) is 16.1 Å². The molecule has 5 rings (SSSR count). The molecule has 2 fully saturated rings. The van der Waals surface area contributed by atoms with Crippen LogP contribution in [-0.4, -0.2) is 39.0 Å². The molecule has 6 nitrogen and oxygen atoms in total. The molecule has 0 spiro atoms. The van der Waals surface area contributed by atoms with E-state index in [1.54, 1.807) is 12.4 Å². The Hall–Kier alpha value is -2.73. The molecule has 0 unspecified atom stereocenters. The number of likely N-dealkylation sites (tertiary alicyclic amines) is 1. The van der Waals surface area contributed by atoms with Crippen LogP contribution < -0.4 is 0 Å². The van der Waals surface area contributed by atoms with Gasteiger partial charge in [-0.05, 0) is 42.7 Å². The Morgan fingerprint density at radius 1 is 1.14 bits per heavy atom. The Bertz CT molecular complexity index is 1010. The van der Waals surface area contributed by atoms with Crippen molar-refractivity contribution in [3.63, 3.8) is 0 Å². The zero-order valence-electron chi connectivity index (χ0n) is 15.9. The van der Waals surface area contributed by atoms with Gasteiger partial charge in [0.25, 0.3) is 0 Å². The summed E-state index contributed by atoms with van der Waals surface area (Å²) in [6.07, 6.45) is 7.34. The van der Waals surface area contributed by atoms with Gasteiger partial charge in [0.15, 0.2) is 0 Å². The summed E-state index contributed by atoms with van der Waals surface area (Å²) in [6, 6.07) is 11.5. The molecule has 3 aromatic rings. The van der Waals surface area contributed by atoms with Gasteiger partial charge in [0.2, 0.25) is 17.6 Å². The largest absolute Gasteiger partial charge is 0.340 e. The minimum absolute atomic E-state index is 0.0838. The third kappa shape index (κ3) is 3.21. The van der Waals surface area contributed by atoms with E-state index < -0.39 is 5.41 Å². The topological polar surface area (TPSA) is 72.1 Å². The minimum atomic E-state index is -0.425. The van der Waals surface area contributed by atoms with Gasteiger partial charge in [0, 0.05) is 36.1 Å². The van der Waals surface area contributed by atoms with Crippen LogP contribution in [0.3, 0.4) is 0 Å². The van der Waals surface area contributed by atoms with Crippen molar-refractivity contribution in [2.75, 3.05) is 13.1 Å². The van der Waals surface area contributed by atoms with E-state index in [1.165, 1.54) is 0 Å². The number of nitrogens with zero attached hydrogens (tertiary/aromatic N) is 4. The van der Waals surface area contributed by atoms with E-state index in [0.717, 1.165) is 36.8 Å². The summed E-state index contributed by atoms with van der Waals surface area (Å²) in [5.41, 5.74) is 1.47. The van der Waals surface area contributed by atoms with E-state index in [0.29, 0.717) is 29.8 Å². The summed E-state index contributed by atoms with van der Waals surface area (Å²) in [5, 5.41) is 4.76. The first-order chi connectivity index (χ1) is 14.2. The number of hydrogen-bond donors (Lipinski definition) is 0. The lowest BCUT2D eigenvalue weighted by Gasteiger charge is -2.43. The van der Waals surface area contributed by atoms with Crippen molar-refractivity contribution in [3.05, 3.63) is 65.3 Å². The molecule has 0 N–H and O–H groups in total. The molecule has 0 atom stereocenters. The Labute approximate surface area is 173 Å². The van der Waals surface area contributed by atoms with E-state index in [1.807, 2.05) is 41.3 Å². The van der Waals surface area contributed by atoms with Crippen molar-refractivity contribution >= 4 is 17.5 Å². The molecular formula is C22H21ClN4O2. The van der Waals surface area contributed by atoms with Crippen LogP contribution >= 0.6 is 11.6 Å². The third-order valence-corrected chi connectivity index (χ3v) is 6.39. The van der Waals surface area contributed by atoms with E-state index >= 15 is 0 Å². The number of pyridine rings is 1. The molecule has 29 heavy (non-hydrogen) atoms. The highest BCUT2D eigenvalue weighted by molar-refractivity contribution is 6.30. The predicted octanol–water partition coefficient (Wildman–Crippen LogP) is 4.22. The Morgan fingerprint density at radius 3 is 2.59 bits per heavy atom. The van der Waals surface area contributed by atoms with Crippen molar-refractivity contribution in [1.29, 1.82) is 0 Å². The van der Waals surface area contributed by atoms with Crippen LogP contribution in [0.1, 0.15) is 43.1 Å². The normalized spacial score (nSPS) is 18.6. The molecule has 0 bridgehead atoms. The third-order valence-electron chi connectivity index (χ3n) is 6.14. The van der Waals surface area contributed by atoms with Crippen LogP contribution in [0.5, 0.6) is 0 Å². The maximum Gasteiger partial charge on any atom is 0.233 e. The van der Waals surface area contributed by atoms with Crippen molar-refractivity contribution in [2.24, 2.45) is 0 Å². The molecule has 2 aliphatic rings. The van der Waals surface area contributed by atoms with E-state index in [9.17, 15) is 4.79 Å². The Balaban J connectivity index is 1.30. The smallest absolute Gasteiger partial charge is 0.233 e. The number of rotatable bonds is 4. The Morgan fingerprint density at radius 2 is 1.90 bits per heavy atom. The van der Waals surface area contributed by atoms with Gasteiger partial charge in [0.1, 0.15) is 0 Å². The van der Waals surface area contributed by atoms with Crippen molar-refractivity contribution in [2.45, 2.75) is 37.0 Å². The maximum absolute atomic E-state index is 13.5. The standard InChI is InChI=1S/C22H21ClN4O2/c23-18-7-5-17(6-8-18)22(9-1-2-10-22)21(28)27-13-16(14-27)20-25-19(26-29-20)15-4-3-11-24-12-15/h3-8,11-12,16H,1-2,9-10,13-14H2. The highest BCUT2D eigenvalue weighted by Gasteiger charge is 2.48. The monoisotopic (exact) mass is 408 g/mol. The molecular weight excluding hydrogens is 388 g/mol. The summed E-state index contributed by atoms with van der Waals surface area (Å²) in [4.78, 5) is 24.0. The van der Waals surface area contributed by atoms with Crippen LogP contribution in [0.15, 0.2) is 53.3 Å². The van der Waals surface area contributed by atoms with Gasteiger partial charge in [0.05, 0.1) is 11.3 Å². The van der Waals surface area contributed by atoms with Crippen LogP contribution in [0.2, 0.25) is 5.02 Å². The van der Waals surface area contributed by atoms with Crippen LogP contribution in [-0.2, 0) is 10.2 Å². The van der Waals surface area contributed by atoms with Gasteiger partial charge in [-0.25, -0.2) is 0 Å². The molecule has 1 aromatic carbocycles. The van der Waals surface area contributed by atoms with Crippen LogP contribution in [0.25, 0.3) is 11.4 Å². The lowest BCUT2D eigenvalue weighted by molar-refractivity contribution is -0.142. The van der Waals surface area contributed by atoms with Crippen molar-refractivity contribution in [1.82, 2.24) is 20.0 Å². The quantitative estimate of drug-likeness (QED) is 0.646. The number of aromatic nitrogens is 3. The van der Waals surface area contributed by atoms with Crippen molar-refractivity contribution in [3.8, 4) is 11.4 Å². The highest BCUT2D eigenvalue weighted by Crippen LogP contribution is 2.44. The predicted molar refractivity (Wildman–Crippen MR) is 108 cm³/mol. The molecule has 2 aromatic heterocycles. The second-order valence-electron chi connectivity index (χ2n) is 7.90. The second kappa shape index (κ2) is 7.26. The van der Waals surface area contributed by atoms with Gasteiger partial charge in [-0.3, -0.25) is 9.78 Å². The molecule has 1 saturated carbocycles. The fraction of sp³-hybridized carbons (Fsp3) is 0.364. The van der Waals surface area contributed by atoms with Crippen LogP contribution in [0.4, 0.5) is 0 Å². The highest BCUT2D eigenvalue weighted by atomic mass is 35.5. The Kier molecular flexibility index (Phi) is 4.59. The molecule has 1 saturated heterocycles. The molecule has 0 radical (unpaired) electrons. The van der Waals surface area contributed by atoms with Gasteiger partial charge >= 0.3 is 0 Å². The van der Waals surface area contributed by atoms with Gasteiger partial charge in [-0.2, -0.15) is 4.98 Å². The first-order valence-corrected chi connectivity index (χ1v) is 10.3. The number of amides is 1. The zero-order valence-corrected chi connectivity index (χ0v) is 16.7. The molecule has 1 amide bonds.